The summed E-state index contributed by atoms with van der Waals surface area (Å²) in [7, 11) is 1.72. The van der Waals surface area contributed by atoms with Gasteiger partial charge in [0.05, 0.1) is 12.2 Å². The second-order valence-electron chi connectivity index (χ2n) is 7.04. The number of rotatable bonds is 3. The number of hydrogen-bond acceptors (Lipinski definition) is 2. The van der Waals surface area contributed by atoms with Crippen LogP contribution in [0.5, 0.6) is 0 Å². The number of aliphatic hydroxyl groups is 1. The van der Waals surface area contributed by atoms with Crippen molar-refractivity contribution < 1.29 is 9.84 Å². The zero-order valence-corrected chi connectivity index (χ0v) is 12.4. The summed E-state index contributed by atoms with van der Waals surface area (Å²) in [5.74, 6) is 1.93. The van der Waals surface area contributed by atoms with Crippen LogP contribution in [0.15, 0.2) is 0 Å². The molecule has 0 radical (unpaired) electrons. The highest BCUT2D eigenvalue weighted by atomic mass is 16.5. The van der Waals surface area contributed by atoms with E-state index >= 15 is 0 Å². The molecule has 0 aromatic heterocycles. The van der Waals surface area contributed by atoms with E-state index < -0.39 is 0 Å². The molecule has 5 atom stereocenters. The van der Waals surface area contributed by atoms with Gasteiger partial charge in [-0.2, -0.15) is 0 Å². The number of hydrogen-bond donors (Lipinski definition) is 1. The normalized spacial score (nSPS) is 34.4. The van der Waals surface area contributed by atoms with Crippen molar-refractivity contribution in [1.82, 2.24) is 0 Å². The maximum Gasteiger partial charge on any atom is 0.0880 e. The van der Waals surface area contributed by atoms with Crippen molar-refractivity contribution in [2.24, 2.45) is 23.2 Å². The summed E-state index contributed by atoms with van der Waals surface area (Å²) >= 11 is 0. The Morgan fingerprint density at radius 2 is 1.71 bits per heavy atom. The summed E-state index contributed by atoms with van der Waals surface area (Å²) in [6.07, 6.45) is 3.13. The van der Waals surface area contributed by atoms with E-state index in [2.05, 4.69) is 34.6 Å². The zero-order chi connectivity index (χ0) is 13.2. The van der Waals surface area contributed by atoms with Crippen LogP contribution in [-0.2, 0) is 4.74 Å². The molecule has 0 saturated heterocycles. The lowest BCUT2D eigenvalue weighted by molar-refractivity contribution is -0.103. The summed E-state index contributed by atoms with van der Waals surface area (Å²) in [6.45, 7) is 11.0. The fourth-order valence-corrected chi connectivity index (χ4v) is 3.15. The topological polar surface area (TPSA) is 29.5 Å². The summed E-state index contributed by atoms with van der Waals surface area (Å²) in [5, 5.41) is 10.5. The second kappa shape index (κ2) is 5.71. The SMILES string of the molecule is COC(C(O)C1CCC(C)C(C)C1)C(C)(C)C. The van der Waals surface area contributed by atoms with Gasteiger partial charge in [-0.1, -0.05) is 41.0 Å². The van der Waals surface area contributed by atoms with Crippen molar-refractivity contribution in [2.75, 3.05) is 7.11 Å². The molecule has 1 N–H and O–H groups in total. The van der Waals surface area contributed by atoms with E-state index in [-0.39, 0.29) is 17.6 Å². The first-order valence-corrected chi connectivity index (χ1v) is 6.98. The average Bonchev–Trinajstić information content (AvgIpc) is 2.20. The lowest BCUT2D eigenvalue weighted by atomic mass is 9.70. The van der Waals surface area contributed by atoms with Crippen molar-refractivity contribution in [3.8, 4) is 0 Å². The standard InChI is InChI=1S/C15H30O2/c1-10-7-8-12(9-11(10)2)13(16)14(17-6)15(3,4)5/h10-14,16H,7-9H2,1-6H3. The van der Waals surface area contributed by atoms with E-state index in [9.17, 15) is 5.11 Å². The van der Waals surface area contributed by atoms with Crippen molar-refractivity contribution >= 4 is 0 Å². The molecule has 2 nitrogen and oxygen atoms in total. The number of aliphatic hydroxyl groups excluding tert-OH is 1. The van der Waals surface area contributed by atoms with E-state index in [0.29, 0.717) is 5.92 Å². The summed E-state index contributed by atoms with van der Waals surface area (Å²) < 4.78 is 5.54. The molecule has 1 aliphatic rings. The van der Waals surface area contributed by atoms with Crippen LogP contribution in [0.1, 0.15) is 53.9 Å². The molecule has 0 spiro atoms. The largest absolute Gasteiger partial charge is 0.390 e. The van der Waals surface area contributed by atoms with Gasteiger partial charge < -0.3 is 9.84 Å². The van der Waals surface area contributed by atoms with Gasteiger partial charge in [-0.05, 0) is 36.0 Å². The smallest absolute Gasteiger partial charge is 0.0880 e. The first-order chi connectivity index (χ1) is 7.77. The quantitative estimate of drug-likeness (QED) is 0.821. The minimum absolute atomic E-state index is 0.000464. The molecule has 1 saturated carbocycles. The monoisotopic (exact) mass is 242 g/mol. The molecule has 2 heteroatoms. The van der Waals surface area contributed by atoms with Crippen LogP contribution >= 0.6 is 0 Å². The van der Waals surface area contributed by atoms with Crippen LogP contribution < -0.4 is 0 Å². The minimum Gasteiger partial charge on any atom is -0.390 e. The summed E-state index contributed by atoms with van der Waals surface area (Å²) in [5.41, 5.74) is 0.000464. The van der Waals surface area contributed by atoms with Gasteiger partial charge in [0.1, 0.15) is 0 Å². The molecule has 0 aromatic carbocycles. The van der Waals surface area contributed by atoms with Crippen molar-refractivity contribution in [3.05, 3.63) is 0 Å². The lowest BCUT2D eigenvalue weighted by Crippen LogP contribution is -2.45. The zero-order valence-electron chi connectivity index (χ0n) is 12.4. The summed E-state index contributed by atoms with van der Waals surface area (Å²) in [6, 6.07) is 0. The molecular weight excluding hydrogens is 212 g/mol. The second-order valence-corrected chi connectivity index (χ2v) is 7.04. The fourth-order valence-electron chi connectivity index (χ4n) is 3.15. The Balaban J connectivity index is 2.66. The van der Waals surface area contributed by atoms with Crippen LogP contribution in [-0.4, -0.2) is 24.4 Å². The third kappa shape index (κ3) is 3.69. The molecule has 17 heavy (non-hydrogen) atoms. The van der Waals surface area contributed by atoms with E-state index in [1.165, 1.54) is 6.42 Å². The Bertz CT molecular complexity index is 232. The maximum absolute atomic E-state index is 10.5. The Morgan fingerprint density at radius 1 is 1.12 bits per heavy atom. The molecule has 1 aliphatic carbocycles. The number of methoxy groups -OCH3 is 1. The van der Waals surface area contributed by atoms with Crippen molar-refractivity contribution in [1.29, 1.82) is 0 Å². The van der Waals surface area contributed by atoms with E-state index in [1.807, 2.05) is 0 Å². The molecule has 102 valence electrons. The van der Waals surface area contributed by atoms with Gasteiger partial charge in [-0.25, -0.2) is 0 Å². The minimum atomic E-state index is -0.324. The van der Waals surface area contributed by atoms with Gasteiger partial charge in [0, 0.05) is 7.11 Å². The van der Waals surface area contributed by atoms with Crippen LogP contribution in [0.25, 0.3) is 0 Å². The van der Waals surface area contributed by atoms with E-state index in [1.54, 1.807) is 7.11 Å². The van der Waals surface area contributed by atoms with Crippen LogP contribution in [0.4, 0.5) is 0 Å². The molecule has 0 bridgehead atoms. The average molecular weight is 242 g/mol. The first kappa shape index (κ1) is 15.0. The van der Waals surface area contributed by atoms with Gasteiger partial charge >= 0.3 is 0 Å². The molecule has 0 aromatic rings. The van der Waals surface area contributed by atoms with Crippen LogP contribution in [0.2, 0.25) is 0 Å². The summed E-state index contributed by atoms with van der Waals surface area (Å²) in [4.78, 5) is 0. The third-order valence-corrected chi connectivity index (χ3v) is 4.54. The molecule has 0 amide bonds. The Labute approximate surface area is 107 Å². The van der Waals surface area contributed by atoms with Gasteiger partial charge in [-0.15, -0.1) is 0 Å². The molecular formula is C15H30O2. The highest BCUT2D eigenvalue weighted by Crippen LogP contribution is 2.38. The molecule has 1 fully saturated rings. The first-order valence-electron chi connectivity index (χ1n) is 6.98. The van der Waals surface area contributed by atoms with Crippen molar-refractivity contribution in [2.45, 2.75) is 66.1 Å². The highest BCUT2D eigenvalue weighted by Gasteiger charge is 2.38. The third-order valence-electron chi connectivity index (χ3n) is 4.54. The predicted octanol–water partition coefficient (Wildman–Crippen LogP) is 3.48. The fraction of sp³-hybridized carbons (Fsp3) is 1.00. The Kier molecular flexibility index (Phi) is 5.03. The number of ether oxygens (including phenoxy) is 1. The molecule has 0 heterocycles. The van der Waals surface area contributed by atoms with Crippen LogP contribution in [0, 0.1) is 23.2 Å². The van der Waals surface area contributed by atoms with Crippen molar-refractivity contribution in [3.63, 3.8) is 0 Å². The van der Waals surface area contributed by atoms with E-state index in [0.717, 1.165) is 24.7 Å². The van der Waals surface area contributed by atoms with Gasteiger partial charge in [0.15, 0.2) is 0 Å². The van der Waals surface area contributed by atoms with Gasteiger partial charge in [-0.3, -0.25) is 0 Å². The van der Waals surface area contributed by atoms with Crippen LogP contribution in [0.3, 0.4) is 0 Å². The lowest BCUT2D eigenvalue weighted by Gasteiger charge is -2.41. The maximum atomic E-state index is 10.5. The highest BCUT2D eigenvalue weighted by molar-refractivity contribution is 4.88. The van der Waals surface area contributed by atoms with E-state index in [4.69, 9.17) is 4.74 Å². The van der Waals surface area contributed by atoms with Gasteiger partial charge in [0.2, 0.25) is 0 Å². The predicted molar refractivity (Wildman–Crippen MR) is 71.9 cm³/mol. The Morgan fingerprint density at radius 3 is 2.12 bits per heavy atom. The van der Waals surface area contributed by atoms with Gasteiger partial charge in [0.25, 0.3) is 0 Å². The Hall–Kier alpha value is -0.0800. The molecule has 0 aliphatic heterocycles. The molecule has 5 unspecified atom stereocenters. The molecule has 1 rings (SSSR count).